The molecule has 1 aliphatic heterocycles. The van der Waals surface area contributed by atoms with E-state index in [1.54, 1.807) is 19.0 Å². The molecule has 2 aromatic carbocycles. The van der Waals surface area contributed by atoms with Crippen LogP contribution in [0.15, 0.2) is 54.6 Å². The molecule has 2 aromatic rings. The van der Waals surface area contributed by atoms with Crippen LogP contribution >= 0.6 is 0 Å². The lowest BCUT2D eigenvalue weighted by atomic mass is 9.73. The molecular weight excluding hydrogens is 356 g/mol. The molecule has 6 heteroatoms. The zero-order valence-corrected chi connectivity index (χ0v) is 16.3. The van der Waals surface area contributed by atoms with Gasteiger partial charge in [0.25, 0.3) is 0 Å². The van der Waals surface area contributed by atoms with E-state index in [-0.39, 0.29) is 24.8 Å². The largest absolute Gasteiger partial charge is 0.468 e. The Morgan fingerprint density at radius 1 is 1.07 bits per heavy atom. The van der Waals surface area contributed by atoms with Gasteiger partial charge in [0.15, 0.2) is 0 Å². The van der Waals surface area contributed by atoms with E-state index in [0.717, 1.165) is 16.8 Å². The van der Waals surface area contributed by atoms with Crippen molar-refractivity contribution in [3.05, 3.63) is 65.7 Å². The van der Waals surface area contributed by atoms with Gasteiger partial charge in [-0.1, -0.05) is 48.5 Å². The Balaban J connectivity index is 2.00. The van der Waals surface area contributed by atoms with Crippen molar-refractivity contribution in [3.8, 4) is 0 Å². The lowest BCUT2D eigenvalue weighted by Gasteiger charge is -2.30. The van der Waals surface area contributed by atoms with Crippen molar-refractivity contribution in [3.63, 3.8) is 0 Å². The highest BCUT2D eigenvalue weighted by Gasteiger charge is 2.51. The highest BCUT2D eigenvalue weighted by molar-refractivity contribution is 6.10. The molecule has 0 fully saturated rings. The molecule has 3 rings (SSSR count). The SMILES string of the molecule is COC(=O)CN(C)C(=O)C[C@@]1(Cc2ccccc2)C(=O)N(C)c2ccccc21. The third-order valence-electron chi connectivity index (χ3n) is 5.32. The van der Waals surface area contributed by atoms with E-state index in [1.807, 2.05) is 54.6 Å². The summed E-state index contributed by atoms with van der Waals surface area (Å²) in [6, 6.07) is 17.2. The molecule has 1 aliphatic rings. The van der Waals surface area contributed by atoms with E-state index < -0.39 is 11.4 Å². The summed E-state index contributed by atoms with van der Waals surface area (Å²) in [7, 11) is 4.56. The number of carbonyl (C=O) groups excluding carboxylic acids is 3. The third kappa shape index (κ3) is 3.50. The molecule has 0 saturated heterocycles. The van der Waals surface area contributed by atoms with Gasteiger partial charge < -0.3 is 14.5 Å². The van der Waals surface area contributed by atoms with Crippen molar-refractivity contribution < 1.29 is 19.1 Å². The van der Waals surface area contributed by atoms with E-state index in [1.165, 1.54) is 12.0 Å². The Morgan fingerprint density at radius 2 is 1.71 bits per heavy atom. The second-order valence-corrected chi connectivity index (χ2v) is 7.13. The zero-order chi connectivity index (χ0) is 20.3. The molecule has 28 heavy (non-hydrogen) atoms. The van der Waals surface area contributed by atoms with Crippen molar-refractivity contribution in [1.29, 1.82) is 0 Å². The average molecular weight is 380 g/mol. The van der Waals surface area contributed by atoms with Crippen LogP contribution in [0.4, 0.5) is 5.69 Å². The number of fused-ring (bicyclic) bond motifs is 1. The summed E-state index contributed by atoms with van der Waals surface area (Å²) in [4.78, 5) is 40.8. The Hall–Kier alpha value is -3.15. The molecule has 0 radical (unpaired) electrons. The fraction of sp³-hybridized carbons (Fsp3) is 0.318. The molecule has 0 saturated carbocycles. The number of esters is 1. The van der Waals surface area contributed by atoms with Crippen LogP contribution in [0.3, 0.4) is 0 Å². The molecule has 0 aromatic heterocycles. The predicted molar refractivity (Wildman–Crippen MR) is 106 cm³/mol. The third-order valence-corrected chi connectivity index (χ3v) is 5.32. The molecule has 2 amide bonds. The average Bonchev–Trinajstić information content (AvgIpc) is 2.91. The first kappa shape index (κ1) is 19.6. The van der Waals surface area contributed by atoms with Crippen LogP contribution in [-0.4, -0.2) is 50.4 Å². The highest BCUT2D eigenvalue weighted by atomic mass is 16.5. The minimum Gasteiger partial charge on any atom is -0.468 e. The first-order valence-corrected chi connectivity index (χ1v) is 9.11. The number of carbonyl (C=O) groups is 3. The lowest BCUT2D eigenvalue weighted by Crippen LogP contribution is -2.45. The summed E-state index contributed by atoms with van der Waals surface area (Å²) in [6.07, 6.45) is 0.390. The van der Waals surface area contributed by atoms with Crippen molar-refractivity contribution in [2.75, 3.05) is 32.6 Å². The number of nitrogens with zero attached hydrogens (tertiary/aromatic N) is 2. The summed E-state index contributed by atoms with van der Waals surface area (Å²) in [5.74, 6) is -0.889. The van der Waals surface area contributed by atoms with Crippen LogP contribution in [0.2, 0.25) is 0 Å². The number of para-hydroxylation sites is 1. The zero-order valence-electron chi connectivity index (χ0n) is 16.3. The van der Waals surface area contributed by atoms with Crippen LogP contribution in [-0.2, 0) is 31.0 Å². The van der Waals surface area contributed by atoms with E-state index in [9.17, 15) is 14.4 Å². The number of likely N-dealkylation sites (N-methyl/N-ethyl adjacent to an activating group) is 2. The second kappa shape index (κ2) is 7.84. The van der Waals surface area contributed by atoms with E-state index in [2.05, 4.69) is 4.74 Å². The van der Waals surface area contributed by atoms with Crippen LogP contribution in [0.25, 0.3) is 0 Å². The Labute approximate surface area is 164 Å². The number of ether oxygens (including phenoxy) is 1. The Morgan fingerprint density at radius 3 is 2.39 bits per heavy atom. The fourth-order valence-electron chi connectivity index (χ4n) is 3.80. The van der Waals surface area contributed by atoms with Crippen molar-refractivity contribution in [2.45, 2.75) is 18.3 Å². The molecule has 146 valence electrons. The quantitative estimate of drug-likeness (QED) is 0.721. The van der Waals surface area contributed by atoms with Crippen LogP contribution in [0.1, 0.15) is 17.5 Å². The maximum atomic E-state index is 13.4. The summed E-state index contributed by atoms with van der Waals surface area (Å²) < 4.78 is 4.65. The van der Waals surface area contributed by atoms with Gasteiger partial charge in [-0.15, -0.1) is 0 Å². The van der Waals surface area contributed by atoms with Crippen molar-refractivity contribution in [2.24, 2.45) is 0 Å². The number of benzene rings is 2. The first-order valence-electron chi connectivity index (χ1n) is 9.11. The summed E-state index contributed by atoms with van der Waals surface area (Å²) in [6.45, 7) is -0.150. The molecule has 1 heterocycles. The van der Waals surface area contributed by atoms with Gasteiger partial charge in [0.1, 0.15) is 6.54 Å². The van der Waals surface area contributed by atoms with Crippen molar-refractivity contribution >= 4 is 23.5 Å². The number of hydrogen-bond donors (Lipinski definition) is 0. The monoisotopic (exact) mass is 380 g/mol. The summed E-state index contributed by atoms with van der Waals surface area (Å²) >= 11 is 0. The molecule has 1 atom stereocenters. The van der Waals surface area contributed by atoms with E-state index in [0.29, 0.717) is 6.42 Å². The maximum absolute atomic E-state index is 13.4. The van der Waals surface area contributed by atoms with Gasteiger partial charge in [0, 0.05) is 26.2 Å². The topological polar surface area (TPSA) is 66.9 Å². The number of methoxy groups -OCH3 is 1. The molecule has 0 bridgehead atoms. The minimum atomic E-state index is -1.01. The Bertz CT molecular complexity index is 896. The number of rotatable bonds is 6. The normalized spacial score (nSPS) is 18.0. The van der Waals surface area contributed by atoms with E-state index >= 15 is 0 Å². The van der Waals surface area contributed by atoms with Gasteiger partial charge in [-0.25, -0.2) is 0 Å². The fourth-order valence-corrected chi connectivity index (χ4v) is 3.80. The smallest absolute Gasteiger partial charge is 0.325 e. The van der Waals surface area contributed by atoms with Crippen LogP contribution in [0, 0.1) is 0 Å². The summed E-state index contributed by atoms with van der Waals surface area (Å²) in [5, 5.41) is 0. The first-order chi connectivity index (χ1) is 13.4. The van der Waals surface area contributed by atoms with Crippen LogP contribution in [0.5, 0.6) is 0 Å². The molecule has 0 N–H and O–H groups in total. The number of hydrogen-bond acceptors (Lipinski definition) is 4. The summed E-state index contributed by atoms with van der Waals surface area (Å²) in [5.41, 5.74) is 1.62. The van der Waals surface area contributed by atoms with Gasteiger partial charge in [0.2, 0.25) is 11.8 Å². The predicted octanol–water partition coefficient (Wildman–Crippen LogP) is 2.16. The molecule has 6 nitrogen and oxygen atoms in total. The van der Waals surface area contributed by atoms with Gasteiger partial charge in [-0.3, -0.25) is 14.4 Å². The minimum absolute atomic E-state index is 0.0183. The van der Waals surface area contributed by atoms with Gasteiger partial charge in [-0.05, 0) is 23.6 Å². The molecule has 0 unspecified atom stereocenters. The van der Waals surface area contributed by atoms with Gasteiger partial charge >= 0.3 is 5.97 Å². The molecular formula is C22H24N2O4. The van der Waals surface area contributed by atoms with Crippen molar-refractivity contribution in [1.82, 2.24) is 4.90 Å². The number of amides is 2. The lowest BCUT2D eigenvalue weighted by molar-refractivity contribution is -0.146. The second-order valence-electron chi connectivity index (χ2n) is 7.13. The number of anilines is 1. The molecule has 0 spiro atoms. The van der Waals surface area contributed by atoms with E-state index in [4.69, 9.17) is 0 Å². The van der Waals surface area contributed by atoms with Crippen LogP contribution < -0.4 is 4.90 Å². The maximum Gasteiger partial charge on any atom is 0.325 e. The standard InChI is InChI=1S/C22H24N2O4/c1-23(15-20(26)28-3)19(25)14-22(13-16-9-5-4-6-10-16)17-11-7-8-12-18(17)24(2)21(22)27/h4-12H,13-15H2,1-3H3/t22-/m1/s1. The highest BCUT2D eigenvalue weighted by Crippen LogP contribution is 2.45. The molecule has 0 aliphatic carbocycles. The Kier molecular flexibility index (Phi) is 5.49. The van der Waals surface area contributed by atoms with Gasteiger partial charge in [0.05, 0.1) is 12.5 Å². The van der Waals surface area contributed by atoms with Gasteiger partial charge in [-0.2, -0.15) is 0 Å².